The Hall–Kier alpha value is -9.16. The third-order valence-electron chi connectivity index (χ3n) is 16.3. The molecule has 0 radical (unpaired) electrons. The number of aryl methyl sites for hydroxylation is 4. The summed E-state index contributed by atoms with van der Waals surface area (Å²) in [5.41, 5.74) is 6.82. The largest absolute Gasteiger partial charge is 0.497 e. The van der Waals surface area contributed by atoms with Crippen LogP contribution in [0.25, 0.3) is 0 Å². The molecule has 0 saturated heterocycles. The maximum absolute atomic E-state index is 14.0. The van der Waals surface area contributed by atoms with E-state index in [2.05, 4.69) is 66.2 Å². The number of methoxy groups -OCH3 is 4. The van der Waals surface area contributed by atoms with Gasteiger partial charge in [-0.05, 0) is 148 Å². The van der Waals surface area contributed by atoms with Gasteiger partial charge in [-0.3, -0.25) is 0 Å². The van der Waals surface area contributed by atoms with Gasteiger partial charge >= 0.3 is 0 Å². The molecule has 0 saturated carbocycles. The highest BCUT2D eigenvalue weighted by Crippen LogP contribution is 2.32. The molecule has 4 aromatic carbocycles. The first kappa shape index (κ1) is 92.2. The fourth-order valence-corrected chi connectivity index (χ4v) is 14.3. The van der Waals surface area contributed by atoms with E-state index in [-0.39, 0.29) is 60.0 Å². The van der Waals surface area contributed by atoms with Crippen molar-refractivity contribution in [2.24, 2.45) is 10.3 Å². The first-order chi connectivity index (χ1) is 51.3. The van der Waals surface area contributed by atoms with Crippen molar-refractivity contribution in [3.05, 3.63) is 265 Å². The van der Waals surface area contributed by atoms with Gasteiger partial charge in [-0.15, -0.1) is 26.3 Å². The van der Waals surface area contributed by atoms with Crippen LogP contribution in [-0.2, 0) is 85.2 Å². The molecule has 0 amide bonds. The molecule has 8 rings (SSSR count). The summed E-state index contributed by atoms with van der Waals surface area (Å²) in [6.45, 7) is 29.4. The minimum Gasteiger partial charge on any atom is -0.497 e. The lowest BCUT2D eigenvalue weighted by molar-refractivity contribution is 0.0653. The number of nitrogens with zero attached hydrogens (tertiary/aromatic N) is 10. The number of primary sulfonamides is 2. The Balaban J connectivity index is 0.000000322. The van der Waals surface area contributed by atoms with Crippen LogP contribution in [0.15, 0.2) is 197 Å². The predicted octanol–water partition coefficient (Wildman–Crippen LogP) is 11.0. The van der Waals surface area contributed by atoms with Gasteiger partial charge in [-0.2, -0.15) is 8.61 Å². The van der Waals surface area contributed by atoms with E-state index in [9.17, 15) is 33.7 Å². The Morgan fingerprint density at radius 3 is 0.670 bits per heavy atom. The van der Waals surface area contributed by atoms with Crippen molar-refractivity contribution in [1.29, 1.82) is 0 Å². The van der Waals surface area contributed by atoms with E-state index in [4.69, 9.17) is 48.2 Å². The fourth-order valence-electron chi connectivity index (χ4n) is 9.90. The molecule has 0 aliphatic heterocycles. The molecule has 28 nitrogen and oxygen atoms in total. The predicted molar refractivity (Wildman–Crippen MR) is 422 cm³/mol. The Bertz CT molecular complexity index is 4150. The molecule has 8 aromatic rings. The highest BCUT2D eigenvalue weighted by atomic mass is 32.2. The standard InChI is InChI=1S/2C27H33N3O5S.2C11H17N3O3S.CH4/c2*1-6-15-35-26(27-28-16-20(2)17-29-27)21(3)36(31,32)30(18-22-7-11-24(33-4)12-8-22)19-23-9-13-25(34-5)14-10-23;2*1-4-5-17-10(9(3)18(12,15)16)11-13-6-8(2)7-14-11;/h2*6-14,16-17,21,26H,1,15,18-19H2,2-5H3;2*4,6-7,9-10H,1,5H2,2-3H3,(H2,12,15,16);1H4/t2*21-,26+;2*9-,10+;/m1010./s1. The van der Waals surface area contributed by atoms with Crippen molar-refractivity contribution < 1.29 is 71.6 Å². The van der Waals surface area contributed by atoms with Gasteiger partial charge in [0, 0.05) is 75.8 Å². The van der Waals surface area contributed by atoms with Crippen LogP contribution in [0, 0.1) is 27.7 Å². The number of hydrogen-bond acceptors (Lipinski definition) is 24. The summed E-state index contributed by atoms with van der Waals surface area (Å²) in [5.74, 6) is 4.02. The van der Waals surface area contributed by atoms with Crippen LogP contribution >= 0.6 is 0 Å². The maximum atomic E-state index is 14.0. The highest BCUT2D eigenvalue weighted by molar-refractivity contribution is 7.90. The molecule has 0 aliphatic rings. The lowest BCUT2D eigenvalue weighted by Crippen LogP contribution is -2.40. The summed E-state index contributed by atoms with van der Waals surface area (Å²) in [5, 5.41) is 6.48. The Morgan fingerprint density at radius 1 is 0.339 bits per heavy atom. The monoisotopic (exact) mass is 1580 g/mol. The number of benzene rings is 4. The third-order valence-corrected chi connectivity index (χ3v) is 23.2. The van der Waals surface area contributed by atoms with E-state index in [1.54, 1.807) is 104 Å². The normalized spacial score (nSPS) is 13.7. The van der Waals surface area contributed by atoms with Gasteiger partial charge in [0.2, 0.25) is 40.1 Å². The molecule has 4 aromatic heterocycles. The van der Waals surface area contributed by atoms with E-state index < -0.39 is 85.5 Å². The van der Waals surface area contributed by atoms with Gasteiger partial charge in [-0.1, -0.05) is 80.3 Å². The molecular weight excluding hydrogens is 1480 g/mol. The lowest BCUT2D eigenvalue weighted by Gasteiger charge is -2.30. The number of ether oxygens (including phenoxy) is 8. The quantitative estimate of drug-likeness (QED) is 0.0339. The molecule has 4 N–H and O–H groups in total. The van der Waals surface area contributed by atoms with E-state index in [0.29, 0.717) is 46.3 Å². The summed E-state index contributed by atoms with van der Waals surface area (Å²) in [6.07, 6.45) is 15.8. The van der Waals surface area contributed by atoms with Crippen molar-refractivity contribution in [3.8, 4) is 23.0 Å². The van der Waals surface area contributed by atoms with E-state index in [0.717, 1.165) is 44.5 Å². The SMILES string of the molecule is C.C=CCO[C@@H](c1ncc(C)cn1)[C@H](C)S(=O)(=O)N(Cc1ccc(OC)cc1)Cc1ccc(OC)cc1.C=CCO[C@@H](c1ncc(C)cn1)[C@H](C)S(N)(=O)=O.C=CCO[C@H](c1ncc(C)cn1)[C@@H](C)S(=O)(=O)N(Cc1ccc(OC)cc1)Cc1ccc(OC)cc1.C=CCO[C@H](c1ncc(C)cn1)[C@@H](C)S(N)(=O)=O. The van der Waals surface area contributed by atoms with Gasteiger partial charge in [-0.25, -0.2) is 83.8 Å². The maximum Gasteiger partial charge on any atom is 0.220 e. The summed E-state index contributed by atoms with van der Waals surface area (Å²) < 4.78 is 148. The number of aromatic nitrogens is 8. The zero-order valence-corrected chi connectivity index (χ0v) is 66.3. The van der Waals surface area contributed by atoms with Crippen LogP contribution in [0.2, 0.25) is 0 Å². The highest BCUT2D eigenvalue weighted by Gasteiger charge is 2.40. The molecule has 0 fully saturated rings. The Morgan fingerprint density at radius 2 is 0.514 bits per heavy atom. The van der Waals surface area contributed by atoms with Gasteiger partial charge in [0.15, 0.2) is 23.3 Å². The molecule has 109 heavy (non-hydrogen) atoms. The average molecular weight is 1580 g/mol. The molecular formula is C77H104N12O16S4. The van der Waals surface area contributed by atoms with Gasteiger partial charge < -0.3 is 37.9 Å². The second kappa shape index (κ2) is 45.1. The molecule has 32 heteroatoms. The smallest absolute Gasteiger partial charge is 0.220 e. The van der Waals surface area contributed by atoms with Crippen LogP contribution in [0.4, 0.5) is 0 Å². The topological polar surface area (TPSA) is 372 Å². The number of sulfonamides is 4. The van der Waals surface area contributed by atoms with Crippen molar-refractivity contribution in [1.82, 2.24) is 48.5 Å². The summed E-state index contributed by atoms with van der Waals surface area (Å²) in [4.78, 5) is 33.7. The lowest BCUT2D eigenvalue weighted by atomic mass is 10.2. The Labute approximate surface area is 644 Å². The third kappa shape index (κ3) is 29.0. The molecule has 0 spiro atoms. The zero-order valence-electron chi connectivity index (χ0n) is 63.1. The fraction of sp³-hybridized carbons (Fsp3) is 0.377. The summed E-state index contributed by atoms with van der Waals surface area (Å²) >= 11 is 0. The van der Waals surface area contributed by atoms with Gasteiger partial charge in [0.05, 0.1) is 54.9 Å². The van der Waals surface area contributed by atoms with Crippen LogP contribution in [0.3, 0.4) is 0 Å². The van der Waals surface area contributed by atoms with Crippen LogP contribution in [0.1, 0.15) is 127 Å². The van der Waals surface area contributed by atoms with E-state index in [1.165, 1.54) is 34.6 Å². The number of hydrogen-bond donors (Lipinski definition) is 2. The van der Waals surface area contributed by atoms with Crippen LogP contribution < -0.4 is 29.2 Å². The number of nitrogens with two attached hydrogens (primary N) is 2. The van der Waals surface area contributed by atoms with Crippen molar-refractivity contribution in [3.63, 3.8) is 0 Å². The molecule has 0 aliphatic carbocycles. The van der Waals surface area contributed by atoms with E-state index in [1.807, 2.05) is 125 Å². The van der Waals surface area contributed by atoms with Gasteiger partial charge in [0.1, 0.15) is 68.4 Å². The van der Waals surface area contributed by atoms with E-state index >= 15 is 0 Å². The number of rotatable bonds is 38. The second-order valence-electron chi connectivity index (χ2n) is 24.7. The average Bonchev–Trinajstić information content (AvgIpc) is 0.790. The van der Waals surface area contributed by atoms with Crippen LogP contribution in [0.5, 0.6) is 23.0 Å². The first-order valence-corrected chi connectivity index (χ1v) is 40.1. The molecule has 0 unspecified atom stereocenters. The zero-order chi connectivity index (χ0) is 79.8. The van der Waals surface area contributed by atoms with Crippen molar-refractivity contribution >= 4 is 40.1 Å². The Kier molecular flexibility index (Phi) is 38.2. The second-order valence-corrected chi connectivity index (χ2v) is 33.1. The van der Waals surface area contributed by atoms with Gasteiger partial charge in [0.25, 0.3) is 0 Å². The molecule has 8 atom stereocenters. The van der Waals surface area contributed by atoms with Crippen LogP contribution in [-0.4, -0.2) is 158 Å². The van der Waals surface area contributed by atoms with Crippen molar-refractivity contribution in [2.75, 3.05) is 54.9 Å². The molecule has 0 bridgehead atoms. The summed E-state index contributed by atoms with van der Waals surface area (Å²) in [6, 6.07) is 29.3. The minimum absolute atomic E-state index is 0. The molecule has 592 valence electrons. The molecule has 4 heterocycles. The van der Waals surface area contributed by atoms with Crippen molar-refractivity contribution in [2.45, 2.75) is 134 Å². The minimum atomic E-state index is -3.89. The first-order valence-electron chi connectivity index (χ1n) is 33.9. The summed E-state index contributed by atoms with van der Waals surface area (Å²) in [7, 11) is -8.87.